The first-order valence-corrected chi connectivity index (χ1v) is 12.7. The fraction of sp³-hybridized carbons (Fsp3) is 0.226. The summed E-state index contributed by atoms with van der Waals surface area (Å²) in [5.74, 6) is -11.0. The highest BCUT2D eigenvalue weighted by atomic mass is 19.3. The van der Waals surface area contributed by atoms with Gasteiger partial charge in [0, 0.05) is 17.7 Å². The van der Waals surface area contributed by atoms with Gasteiger partial charge in [-0.15, -0.1) is 0 Å². The number of rotatable bonds is 6. The highest BCUT2D eigenvalue weighted by Crippen LogP contribution is 2.39. The molecule has 1 fully saturated rings. The monoisotopic (exact) mass is 578 g/mol. The van der Waals surface area contributed by atoms with Crippen LogP contribution in [0.5, 0.6) is 5.75 Å². The van der Waals surface area contributed by atoms with Crippen LogP contribution >= 0.6 is 0 Å². The molecule has 0 radical (unpaired) electrons. The zero-order chi connectivity index (χ0) is 29.5. The molecule has 214 valence electrons. The zero-order valence-electron chi connectivity index (χ0n) is 21.2. The van der Waals surface area contributed by atoms with E-state index in [-0.39, 0.29) is 29.4 Å². The predicted octanol–water partition coefficient (Wildman–Crippen LogP) is 9.00. The summed E-state index contributed by atoms with van der Waals surface area (Å²) in [6, 6.07) is 12.6. The topological polar surface area (TPSA) is 29.5 Å². The smallest absolute Gasteiger partial charge is 0.429 e. The molecule has 0 amide bonds. The van der Waals surface area contributed by atoms with Gasteiger partial charge in [-0.1, -0.05) is 36.4 Å². The summed E-state index contributed by atoms with van der Waals surface area (Å²) >= 11 is 0. The molecular weight excluding hydrogens is 556 g/mol. The molecule has 0 bridgehead atoms. The Labute approximate surface area is 229 Å². The first-order valence-electron chi connectivity index (χ1n) is 12.7. The second kappa shape index (κ2) is 11.2. The SMILES string of the molecule is OC1CCC(c2ccc(-c3ccc(-c4cc(F)c(C(F)(F)Oc5cc(F)c(F)c(F)c5)c(F)c4)c(F)c3)cc2)CC1. The Morgan fingerprint density at radius 2 is 1.15 bits per heavy atom. The van der Waals surface area contributed by atoms with E-state index in [0.717, 1.165) is 37.3 Å². The minimum Gasteiger partial charge on any atom is -0.429 e. The average Bonchev–Trinajstić information content (AvgIpc) is 2.91. The molecule has 0 spiro atoms. The third kappa shape index (κ3) is 5.93. The van der Waals surface area contributed by atoms with Crippen molar-refractivity contribution in [3.63, 3.8) is 0 Å². The van der Waals surface area contributed by atoms with Crippen molar-refractivity contribution in [1.29, 1.82) is 0 Å². The fourth-order valence-corrected chi connectivity index (χ4v) is 5.08. The van der Waals surface area contributed by atoms with Crippen molar-refractivity contribution in [2.45, 2.75) is 43.8 Å². The standard InChI is InChI=1S/C31H22F8O2/c32-24-11-19(18-3-1-16(2-4-18)17-5-8-21(40)9-6-17)7-10-23(24)20-12-25(33)29(26(34)13-20)31(38,39)41-22-14-27(35)30(37)28(36)15-22/h1-4,7,10-15,17,21,40H,5-6,8-9H2. The lowest BCUT2D eigenvalue weighted by Gasteiger charge is -2.25. The number of ether oxygens (including phenoxy) is 1. The molecule has 0 aromatic heterocycles. The van der Waals surface area contributed by atoms with Gasteiger partial charge in [0.1, 0.15) is 28.8 Å². The first kappa shape index (κ1) is 28.6. The first-order chi connectivity index (χ1) is 19.4. The molecule has 0 aliphatic heterocycles. The highest BCUT2D eigenvalue weighted by Gasteiger charge is 2.41. The van der Waals surface area contributed by atoms with E-state index in [2.05, 4.69) is 4.74 Å². The quantitative estimate of drug-likeness (QED) is 0.183. The van der Waals surface area contributed by atoms with Crippen molar-refractivity contribution in [2.75, 3.05) is 0 Å². The van der Waals surface area contributed by atoms with Gasteiger partial charge in [-0.25, -0.2) is 26.3 Å². The van der Waals surface area contributed by atoms with Crippen molar-refractivity contribution in [1.82, 2.24) is 0 Å². The van der Waals surface area contributed by atoms with Crippen molar-refractivity contribution < 1.29 is 45.0 Å². The Hall–Kier alpha value is -3.92. The van der Waals surface area contributed by atoms with Crippen LogP contribution in [0.2, 0.25) is 0 Å². The van der Waals surface area contributed by atoms with Gasteiger partial charge in [0.2, 0.25) is 0 Å². The van der Waals surface area contributed by atoms with Gasteiger partial charge in [-0.3, -0.25) is 0 Å². The molecule has 10 heteroatoms. The second-order valence-corrected chi connectivity index (χ2v) is 9.96. The Balaban J connectivity index is 1.38. The molecule has 0 unspecified atom stereocenters. The minimum atomic E-state index is -4.75. The van der Waals surface area contributed by atoms with E-state index in [1.54, 1.807) is 0 Å². The van der Waals surface area contributed by atoms with Crippen molar-refractivity contribution in [3.05, 3.63) is 113 Å². The van der Waals surface area contributed by atoms with E-state index in [1.165, 1.54) is 12.1 Å². The molecule has 1 N–H and O–H groups in total. The number of benzene rings is 4. The molecule has 0 atom stereocenters. The fourth-order valence-electron chi connectivity index (χ4n) is 5.08. The molecule has 41 heavy (non-hydrogen) atoms. The molecule has 0 saturated heterocycles. The molecule has 4 aromatic rings. The number of hydrogen-bond donors (Lipinski definition) is 1. The second-order valence-electron chi connectivity index (χ2n) is 9.96. The van der Waals surface area contributed by atoms with Crippen LogP contribution in [-0.4, -0.2) is 11.2 Å². The summed E-state index contributed by atoms with van der Waals surface area (Å²) in [6.45, 7) is 0. The van der Waals surface area contributed by atoms with E-state index < -0.39 is 52.3 Å². The summed E-state index contributed by atoms with van der Waals surface area (Å²) in [5, 5.41) is 9.71. The molecule has 1 aliphatic rings. The number of alkyl halides is 2. The normalized spacial score (nSPS) is 17.5. The third-order valence-electron chi connectivity index (χ3n) is 7.23. The number of aliphatic hydroxyl groups excluding tert-OH is 1. The molecule has 1 saturated carbocycles. The van der Waals surface area contributed by atoms with Crippen molar-refractivity contribution >= 4 is 0 Å². The molecular formula is C31H22F8O2. The van der Waals surface area contributed by atoms with Gasteiger partial charge < -0.3 is 9.84 Å². The number of hydrogen-bond acceptors (Lipinski definition) is 2. The van der Waals surface area contributed by atoms with Crippen LogP contribution in [0.1, 0.15) is 42.7 Å². The summed E-state index contributed by atoms with van der Waals surface area (Å²) in [6.07, 6.45) is -1.81. The van der Waals surface area contributed by atoms with Gasteiger partial charge in [0.05, 0.1) is 6.10 Å². The Kier molecular flexibility index (Phi) is 7.78. The summed E-state index contributed by atoms with van der Waals surface area (Å²) in [5.41, 5.74) is -0.240. The predicted molar refractivity (Wildman–Crippen MR) is 135 cm³/mol. The summed E-state index contributed by atoms with van der Waals surface area (Å²) in [7, 11) is 0. The maximum absolute atomic E-state index is 15.1. The maximum atomic E-state index is 15.1. The summed E-state index contributed by atoms with van der Waals surface area (Å²) < 4.78 is 118. The van der Waals surface area contributed by atoms with Crippen LogP contribution in [0.25, 0.3) is 22.3 Å². The minimum absolute atomic E-state index is 0.0995. The van der Waals surface area contributed by atoms with E-state index >= 15 is 4.39 Å². The Morgan fingerprint density at radius 1 is 0.610 bits per heavy atom. The average molecular weight is 578 g/mol. The van der Waals surface area contributed by atoms with Crippen LogP contribution in [0.4, 0.5) is 35.1 Å². The van der Waals surface area contributed by atoms with Gasteiger partial charge in [-0.05, 0) is 72.1 Å². The van der Waals surface area contributed by atoms with E-state index in [1.807, 2.05) is 24.3 Å². The van der Waals surface area contributed by atoms with Gasteiger partial charge in [-0.2, -0.15) is 8.78 Å². The lowest BCUT2D eigenvalue weighted by molar-refractivity contribution is -0.189. The highest BCUT2D eigenvalue weighted by molar-refractivity contribution is 5.71. The van der Waals surface area contributed by atoms with Crippen molar-refractivity contribution in [3.8, 4) is 28.0 Å². The van der Waals surface area contributed by atoms with Crippen molar-refractivity contribution in [2.24, 2.45) is 0 Å². The van der Waals surface area contributed by atoms with Gasteiger partial charge >= 0.3 is 6.11 Å². The van der Waals surface area contributed by atoms with E-state index in [0.29, 0.717) is 29.2 Å². The van der Waals surface area contributed by atoms with Crippen LogP contribution in [0.3, 0.4) is 0 Å². The molecule has 5 rings (SSSR count). The summed E-state index contributed by atoms with van der Waals surface area (Å²) in [4.78, 5) is 0. The maximum Gasteiger partial charge on any atom is 0.432 e. The van der Waals surface area contributed by atoms with E-state index in [4.69, 9.17) is 0 Å². The molecule has 0 heterocycles. The number of aliphatic hydroxyl groups is 1. The third-order valence-corrected chi connectivity index (χ3v) is 7.23. The lowest BCUT2D eigenvalue weighted by Crippen LogP contribution is -2.25. The van der Waals surface area contributed by atoms with Gasteiger partial charge in [0.15, 0.2) is 17.5 Å². The van der Waals surface area contributed by atoms with E-state index in [9.17, 15) is 35.8 Å². The lowest BCUT2D eigenvalue weighted by atomic mass is 9.82. The molecule has 1 aliphatic carbocycles. The Bertz CT molecular complexity index is 1530. The largest absolute Gasteiger partial charge is 0.432 e. The van der Waals surface area contributed by atoms with Crippen LogP contribution in [0.15, 0.2) is 66.7 Å². The Morgan fingerprint density at radius 3 is 1.71 bits per heavy atom. The van der Waals surface area contributed by atoms with Crippen LogP contribution < -0.4 is 4.74 Å². The molecule has 2 nitrogen and oxygen atoms in total. The molecule has 4 aromatic carbocycles. The van der Waals surface area contributed by atoms with Crippen LogP contribution in [-0.2, 0) is 6.11 Å². The van der Waals surface area contributed by atoms with Gasteiger partial charge in [0.25, 0.3) is 0 Å². The number of halogens is 8. The van der Waals surface area contributed by atoms with Crippen LogP contribution in [0, 0.1) is 34.9 Å². The zero-order valence-corrected chi connectivity index (χ0v) is 21.2.